The van der Waals surface area contributed by atoms with Crippen LogP contribution < -0.4 is 15.6 Å². The monoisotopic (exact) mass is 264 g/mol. The Morgan fingerprint density at radius 1 is 1.37 bits per heavy atom. The van der Waals surface area contributed by atoms with Crippen LogP contribution in [0.25, 0.3) is 0 Å². The number of ether oxygens (including phenoxy) is 2. The van der Waals surface area contributed by atoms with E-state index in [2.05, 4.69) is 10.9 Å². The summed E-state index contributed by atoms with van der Waals surface area (Å²) >= 11 is 0. The third kappa shape index (κ3) is 3.45. The molecule has 1 aromatic carbocycles. The van der Waals surface area contributed by atoms with Gasteiger partial charge < -0.3 is 9.47 Å². The van der Waals surface area contributed by atoms with E-state index in [0.717, 1.165) is 6.42 Å². The van der Waals surface area contributed by atoms with Gasteiger partial charge in [0.2, 0.25) is 0 Å². The van der Waals surface area contributed by atoms with Crippen molar-refractivity contribution in [3.63, 3.8) is 0 Å². The lowest BCUT2D eigenvalue weighted by atomic mass is 10.2. The number of hydrogen-bond acceptors (Lipinski definition) is 4. The number of amides is 2. The molecule has 1 fully saturated rings. The van der Waals surface area contributed by atoms with Crippen molar-refractivity contribution < 1.29 is 19.1 Å². The number of benzene rings is 1. The average Bonchev–Trinajstić information content (AvgIpc) is 2.98. The van der Waals surface area contributed by atoms with Crippen LogP contribution >= 0.6 is 0 Å². The van der Waals surface area contributed by atoms with E-state index in [1.165, 1.54) is 7.11 Å². The van der Waals surface area contributed by atoms with Crippen LogP contribution in [0.2, 0.25) is 0 Å². The average molecular weight is 264 g/mol. The molecule has 1 atom stereocenters. The number of carbonyl (C=O) groups excluding carboxylic acids is 2. The molecule has 2 amide bonds. The molecule has 6 nitrogen and oxygen atoms in total. The highest BCUT2D eigenvalue weighted by Gasteiger charge is 2.23. The summed E-state index contributed by atoms with van der Waals surface area (Å²) in [6, 6.07) is 6.67. The molecule has 19 heavy (non-hydrogen) atoms. The van der Waals surface area contributed by atoms with Crippen LogP contribution in [0.4, 0.5) is 0 Å². The molecule has 6 heteroatoms. The van der Waals surface area contributed by atoms with Crippen molar-refractivity contribution in [3.8, 4) is 5.75 Å². The zero-order valence-corrected chi connectivity index (χ0v) is 10.6. The van der Waals surface area contributed by atoms with E-state index in [9.17, 15) is 9.59 Å². The van der Waals surface area contributed by atoms with Crippen molar-refractivity contribution in [2.45, 2.75) is 18.9 Å². The molecule has 0 aromatic heterocycles. The maximum atomic E-state index is 11.8. The number of hydrazine groups is 1. The smallest absolute Gasteiger partial charge is 0.269 e. The molecule has 0 spiro atoms. The molecule has 2 N–H and O–H groups in total. The lowest BCUT2D eigenvalue weighted by Gasteiger charge is -2.11. The minimum Gasteiger partial charge on any atom is -0.497 e. The molecule has 0 saturated carbocycles. The lowest BCUT2D eigenvalue weighted by molar-refractivity contribution is -0.130. The predicted octanol–water partition coefficient (Wildman–Crippen LogP) is 0.635. The van der Waals surface area contributed by atoms with Gasteiger partial charge in [0.05, 0.1) is 7.11 Å². The summed E-state index contributed by atoms with van der Waals surface area (Å²) in [5.41, 5.74) is 5.12. The molecule has 1 heterocycles. The molecule has 1 saturated heterocycles. The van der Waals surface area contributed by atoms with Crippen LogP contribution in [0.1, 0.15) is 23.2 Å². The Balaban J connectivity index is 1.88. The third-order valence-electron chi connectivity index (χ3n) is 2.85. The van der Waals surface area contributed by atoms with E-state index in [0.29, 0.717) is 24.3 Å². The second-order valence-electron chi connectivity index (χ2n) is 4.18. The van der Waals surface area contributed by atoms with Crippen molar-refractivity contribution in [2.75, 3.05) is 13.7 Å². The highest BCUT2D eigenvalue weighted by Crippen LogP contribution is 2.13. The first-order valence-electron chi connectivity index (χ1n) is 6.06. The van der Waals surface area contributed by atoms with Gasteiger partial charge in [0.1, 0.15) is 11.9 Å². The Hall–Kier alpha value is -2.08. The minimum atomic E-state index is -0.467. The van der Waals surface area contributed by atoms with Gasteiger partial charge in [-0.25, -0.2) is 0 Å². The summed E-state index contributed by atoms with van der Waals surface area (Å²) < 4.78 is 10.2. The van der Waals surface area contributed by atoms with Crippen molar-refractivity contribution in [3.05, 3.63) is 29.8 Å². The summed E-state index contributed by atoms with van der Waals surface area (Å²) in [4.78, 5) is 23.4. The number of nitrogens with one attached hydrogen (secondary N) is 2. The first kappa shape index (κ1) is 13.4. The van der Waals surface area contributed by atoms with E-state index in [-0.39, 0.29) is 5.91 Å². The minimum absolute atomic E-state index is 0.325. The van der Waals surface area contributed by atoms with Gasteiger partial charge in [-0.15, -0.1) is 0 Å². The van der Waals surface area contributed by atoms with Crippen LogP contribution in [0.3, 0.4) is 0 Å². The summed E-state index contributed by atoms with van der Waals surface area (Å²) in [5, 5.41) is 0. The summed E-state index contributed by atoms with van der Waals surface area (Å²) in [5.74, 6) is -0.142. The van der Waals surface area contributed by atoms with Crippen LogP contribution in [-0.2, 0) is 9.53 Å². The topological polar surface area (TPSA) is 76.7 Å². The molecule has 0 unspecified atom stereocenters. The zero-order chi connectivity index (χ0) is 13.7. The van der Waals surface area contributed by atoms with E-state index in [4.69, 9.17) is 9.47 Å². The zero-order valence-electron chi connectivity index (χ0n) is 10.6. The standard InChI is InChI=1S/C13H16N2O4/c1-18-10-5-2-4-9(8-10)12(16)14-15-13(17)11-6-3-7-19-11/h2,4-5,8,11H,3,6-7H2,1H3,(H,14,16)(H,15,17)/t11-/m1/s1. The Morgan fingerprint density at radius 3 is 2.89 bits per heavy atom. The molecular formula is C13H16N2O4. The van der Waals surface area contributed by atoms with Gasteiger partial charge in [0.25, 0.3) is 11.8 Å². The predicted molar refractivity (Wildman–Crippen MR) is 67.6 cm³/mol. The molecule has 0 bridgehead atoms. The quantitative estimate of drug-likeness (QED) is 0.785. The van der Waals surface area contributed by atoms with Crippen LogP contribution in [0, 0.1) is 0 Å². The van der Waals surface area contributed by atoms with Crippen LogP contribution in [0.15, 0.2) is 24.3 Å². The molecule has 102 valence electrons. The summed E-state index contributed by atoms with van der Waals surface area (Å²) in [6.45, 7) is 0.585. The number of hydrogen-bond donors (Lipinski definition) is 2. The molecule has 0 radical (unpaired) electrons. The second kappa shape index (κ2) is 6.19. The first-order valence-corrected chi connectivity index (χ1v) is 6.06. The van der Waals surface area contributed by atoms with Crippen molar-refractivity contribution in [2.24, 2.45) is 0 Å². The second-order valence-corrected chi connectivity index (χ2v) is 4.18. The van der Waals surface area contributed by atoms with Crippen molar-refractivity contribution >= 4 is 11.8 Å². The molecular weight excluding hydrogens is 248 g/mol. The molecule has 2 rings (SSSR count). The first-order chi connectivity index (χ1) is 9.20. The fourth-order valence-corrected chi connectivity index (χ4v) is 1.82. The number of methoxy groups -OCH3 is 1. The van der Waals surface area contributed by atoms with E-state index < -0.39 is 12.0 Å². The van der Waals surface area contributed by atoms with Crippen LogP contribution in [-0.4, -0.2) is 31.6 Å². The molecule has 1 aromatic rings. The SMILES string of the molecule is COc1cccc(C(=O)NNC(=O)[C@H]2CCCO2)c1. The van der Waals surface area contributed by atoms with Crippen molar-refractivity contribution in [1.29, 1.82) is 0 Å². The highest BCUT2D eigenvalue weighted by atomic mass is 16.5. The third-order valence-corrected chi connectivity index (χ3v) is 2.85. The Labute approximate surface area is 111 Å². The maximum absolute atomic E-state index is 11.8. The number of rotatable bonds is 3. The lowest BCUT2D eigenvalue weighted by Crippen LogP contribution is -2.46. The van der Waals surface area contributed by atoms with E-state index >= 15 is 0 Å². The highest BCUT2D eigenvalue weighted by molar-refractivity contribution is 5.96. The van der Waals surface area contributed by atoms with Gasteiger partial charge in [-0.05, 0) is 31.0 Å². The van der Waals surface area contributed by atoms with Gasteiger partial charge in [0.15, 0.2) is 0 Å². The van der Waals surface area contributed by atoms with E-state index in [1.807, 2.05) is 0 Å². The number of carbonyl (C=O) groups is 2. The Kier molecular flexibility index (Phi) is 4.35. The van der Waals surface area contributed by atoms with Gasteiger partial charge >= 0.3 is 0 Å². The van der Waals surface area contributed by atoms with Crippen LogP contribution in [0.5, 0.6) is 5.75 Å². The molecule has 1 aliphatic rings. The van der Waals surface area contributed by atoms with E-state index in [1.54, 1.807) is 24.3 Å². The van der Waals surface area contributed by atoms with Gasteiger partial charge in [0, 0.05) is 12.2 Å². The normalized spacial score (nSPS) is 17.8. The van der Waals surface area contributed by atoms with Gasteiger partial charge in [-0.3, -0.25) is 20.4 Å². The molecule has 0 aliphatic carbocycles. The fourth-order valence-electron chi connectivity index (χ4n) is 1.82. The molecule has 1 aliphatic heterocycles. The van der Waals surface area contributed by atoms with Gasteiger partial charge in [-0.1, -0.05) is 6.07 Å². The van der Waals surface area contributed by atoms with Crippen molar-refractivity contribution in [1.82, 2.24) is 10.9 Å². The summed E-state index contributed by atoms with van der Waals surface area (Å²) in [7, 11) is 1.52. The summed E-state index contributed by atoms with van der Waals surface area (Å²) in [6.07, 6.45) is 1.08. The maximum Gasteiger partial charge on any atom is 0.269 e. The largest absolute Gasteiger partial charge is 0.497 e. The fraction of sp³-hybridized carbons (Fsp3) is 0.385. The Bertz CT molecular complexity index is 469. The Morgan fingerprint density at radius 2 is 2.21 bits per heavy atom. The van der Waals surface area contributed by atoms with Gasteiger partial charge in [-0.2, -0.15) is 0 Å².